The maximum atomic E-state index is 14.2. The number of nitrogens with zero attached hydrogens (tertiary/aromatic N) is 2. The first-order valence-electron chi connectivity index (χ1n) is 10.9. The van der Waals surface area contributed by atoms with Gasteiger partial charge in [-0.25, -0.2) is 12.8 Å². The normalized spacial score (nSPS) is 18.8. The second kappa shape index (κ2) is 7.53. The first-order valence-corrected chi connectivity index (χ1v) is 12.4. The molecule has 1 N–H and O–H groups in total. The molecule has 2 fully saturated rings. The van der Waals surface area contributed by atoms with Gasteiger partial charge in [-0.3, -0.25) is 4.98 Å². The van der Waals surface area contributed by atoms with Gasteiger partial charge in [-0.15, -0.1) is 0 Å². The zero-order valence-electron chi connectivity index (χ0n) is 17.9. The Morgan fingerprint density at radius 1 is 1.12 bits per heavy atom. The number of pyridine rings is 1. The summed E-state index contributed by atoms with van der Waals surface area (Å²) in [5.74, 6) is -0.309. The number of alkyl halides is 3. The summed E-state index contributed by atoms with van der Waals surface area (Å²) in [6, 6.07) is 8.09. The summed E-state index contributed by atoms with van der Waals surface area (Å²) >= 11 is 0. The van der Waals surface area contributed by atoms with Crippen LogP contribution < -0.4 is 4.72 Å². The molecule has 0 radical (unpaired) electrons. The lowest BCUT2D eigenvalue weighted by Gasteiger charge is -2.20. The molecule has 2 aliphatic carbocycles. The van der Waals surface area contributed by atoms with Crippen LogP contribution in [0.3, 0.4) is 0 Å². The molecule has 10 heteroatoms. The van der Waals surface area contributed by atoms with Crippen LogP contribution in [0.4, 0.5) is 17.6 Å². The topological polar surface area (TPSA) is 64.0 Å². The summed E-state index contributed by atoms with van der Waals surface area (Å²) in [5, 5.41) is 0.723. The summed E-state index contributed by atoms with van der Waals surface area (Å²) in [6.45, 7) is 1.71. The van der Waals surface area contributed by atoms with Crippen LogP contribution in [0.1, 0.15) is 50.1 Å². The van der Waals surface area contributed by atoms with Crippen molar-refractivity contribution in [3.05, 3.63) is 47.9 Å². The average Bonchev–Trinajstić information content (AvgIpc) is 3.18. The fraction of sp³-hybridized carbons (Fsp3) is 0.435. The molecule has 3 aromatic rings. The van der Waals surface area contributed by atoms with E-state index in [1.807, 2.05) is 10.8 Å². The van der Waals surface area contributed by atoms with Gasteiger partial charge in [0.15, 0.2) is 0 Å². The maximum Gasteiger partial charge on any atom is 0.407 e. The number of benzene rings is 1. The SMILES string of the molecule is Cc1cc2c(cc1F)cc(-c1ccc(S(=O)(=O)NC3(C(F)(F)F)CC3)cn1)n2C1CCCC1. The molecule has 0 unspecified atom stereocenters. The molecule has 2 saturated carbocycles. The summed E-state index contributed by atoms with van der Waals surface area (Å²) in [4.78, 5) is 3.96. The molecular weight excluding hydrogens is 458 g/mol. The average molecular weight is 482 g/mol. The molecule has 0 aliphatic heterocycles. The summed E-state index contributed by atoms with van der Waals surface area (Å²) < 4.78 is 82.9. The lowest BCUT2D eigenvalue weighted by atomic mass is 10.1. The Hall–Kier alpha value is -2.46. The molecule has 5 nitrogen and oxygen atoms in total. The highest BCUT2D eigenvalue weighted by Gasteiger charge is 2.65. The summed E-state index contributed by atoms with van der Waals surface area (Å²) in [6.07, 6.45) is -0.0122. The van der Waals surface area contributed by atoms with Crippen molar-refractivity contribution in [2.24, 2.45) is 0 Å². The lowest BCUT2D eigenvalue weighted by molar-refractivity contribution is -0.160. The van der Waals surface area contributed by atoms with Crippen LogP contribution in [-0.2, 0) is 10.0 Å². The van der Waals surface area contributed by atoms with Crippen LogP contribution >= 0.6 is 0 Å². The summed E-state index contributed by atoms with van der Waals surface area (Å²) in [7, 11) is -4.39. The van der Waals surface area contributed by atoms with Crippen molar-refractivity contribution in [2.75, 3.05) is 0 Å². The number of halogens is 4. The molecule has 0 saturated heterocycles. The van der Waals surface area contributed by atoms with Crippen molar-refractivity contribution in [3.63, 3.8) is 0 Å². The molecule has 0 amide bonds. The molecular formula is C23H23F4N3O2S. The molecule has 1 aromatic carbocycles. The second-order valence-corrected chi connectivity index (χ2v) is 10.7. The first kappa shape index (κ1) is 22.3. The molecule has 0 bridgehead atoms. The number of hydrogen-bond acceptors (Lipinski definition) is 3. The fourth-order valence-electron chi connectivity index (χ4n) is 4.68. The smallest absolute Gasteiger partial charge is 0.336 e. The monoisotopic (exact) mass is 481 g/mol. The van der Waals surface area contributed by atoms with Gasteiger partial charge in [-0.2, -0.15) is 17.9 Å². The van der Waals surface area contributed by atoms with Crippen molar-refractivity contribution in [1.29, 1.82) is 0 Å². The highest BCUT2D eigenvalue weighted by molar-refractivity contribution is 7.89. The fourth-order valence-corrected chi connectivity index (χ4v) is 6.07. The molecule has 33 heavy (non-hydrogen) atoms. The molecule has 0 atom stereocenters. The third-order valence-corrected chi connectivity index (χ3v) is 8.26. The van der Waals surface area contributed by atoms with E-state index < -0.39 is 21.7 Å². The Kier molecular flexibility index (Phi) is 5.09. The van der Waals surface area contributed by atoms with Crippen LogP contribution in [0.25, 0.3) is 22.3 Å². The molecule has 2 heterocycles. The van der Waals surface area contributed by atoms with Crippen molar-refractivity contribution < 1.29 is 26.0 Å². The van der Waals surface area contributed by atoms with E-state index in [1.54, 1.807) is 13.0 Å². The molecule has 2 aromatic heterocycles. The van der Waals surface area contributed by atoms with E-state index in [2.05, 4.69) is 9.55 Å². The van der Waals surface area contributed by atoms with E-state index in [4.69, 9.17) is 0 Å². The number of aromatic nitrogens is 2. The van der Waals surface area contributed by atoms with Gasteiger partial charge in [0.1, 0.15) is 16.3 Å². The quantitative estimate of drug-likeness (QED) is 0.480. The number of rotatable bonds is 5. The number of sulfonamides is 1. The van der Waals surface area contributed by atoms with Gasteiger partial charge in [0.2, 0.25) is 10.0 Å². The Morgan fingerprint density at radius 3 is 2.39 bits per heavy atom. The Labute approximate surface area is 188 Å². The minimum atomic E-state index is -4.65. The van der Waals surface area contributed by atoms with Crippen molar-refractivity contribution in [1.82, 2.24) is 14.3 Å². The number of fused-ring (bicyclic) bond motifs is 1. The van der Waals surface area contributed by atoms with E-state index in [0.717, 1.165) is 48.5 Å². The zero-order chi connectivity index (χ0) is 23.6. The third-order valence-electron chi connectivity index (χ3n) is 6.74. The van der Waals surface area contributed by atoms with Gasteiger partial charge in [-0.1, -0.05) is 12.8 Å². The van der Waals surface area contributed by atoms with E-state index in [-0.39, 0.29) is 29.6 Å². The Balaban J connectivity index is 1.53. The van der Waals surface area contributed by atoms with Gasteiger partial charge in [0.05, 0.1) is 11.4 Å². The van der Waals surface area contributed by atoms with Crippen molar-refractivity contribution in [2.45, 2.75) is 68.1 Å². The van der Waals surface area contributed by atoms with Crippen LogP contribution in [0.2, 0.25) is 0 Å². The van der Waals surface area contributed by atoms with E-state index >= 15 is 0 Å². The second-order valence-electron chi connectivity index (χ2n) is 9.06. The highest BCUT2D eigenvalue weighted by Crippen LogP contribution is 2.49. The van der Waals surface area contributed by atoms with Crippen LogP contribution in [0.5, 0.6) is 0 Å². The van der Waals surface area contributed by atoms with Crippen LogP contribution in [0, 0.1) is 12.7 Å². The van der Waals surface area contributed by atoms with Gasteiger partial charge >= 0.3 is 6.18 Å². The molecule has 2 aliphatic rings. The Morgan fingerprint density at radius 2 is 1.82 bits per heavy atom. The predicted molar refractivity (Wildman–Crippen MR) is 116 cm³/mol. The van der Waals surface area contributed by atoms with Gasteiger partial charge < -0.3 is 4.57 Å². The molecule has 176 valence electrons. The first-order chi connectivity index (χ1) is 15.5. The maximum absolute atomic E-state index is 14.2. The lowest BCUT2D eigenvalue weighted by Crippen LogP contribution is -2.47. The largest absolute Gasteiger partial charge is 0.407 e. The predicted octanol–water partition coefficient (Wildman–Crippen LogP) is 5.64. The third kappa shape index (κ3) is 3.82. The van der Waals surface area contributed by atoms with Crippen molar-refractivity contribution >= 4 is 20.9 Å². The van der Waals surface area contributed by atoms with E-state index in [0.29, 0.717) is 11.3 Å². The van der Waals surface area contributed by atoms with Gasteiger partial charge in [0.25, 0.3) is 0 Å². The molecule has 5 rings (SSSR count). The standard InChI is InChI=1S/C23H23F4N3O2S/c1-14-10-20-15(11-18(14)24)12-21(30(20)16-4-2-3-5-16)19-7-6-17(13-28-19)33(31,32)29-22(8-9-22)23(25,26)27/h6-7,10-13,16,29H,2-5,8-9H2,1H3. The van der Waals surface area contributed by atoms with E-state index in [9.17, 15) is 26.0 Å². The zero-order valence-corrected chi connectivity index (χ0v) is 18.7. The molecule has 0 spiro atoms. The highest BCUT2D eigenvalue weighted by atomic mass is 32.2. The number of hydrogen-bond donors (Lipinski definition) is 1. The minimum Gasteiger partial charge on any atom is -0.336 e. The Bertz CT molecular complexity index is 1320. The van der Waals surface area contributed by atoms with Crippen molar-refractivity contribution in [3.8, 4) is 11.4 Å². The van der Waals surface area contributed by atoms with Crippen LogP contribution in [-0.4, -0.2) is 29.7 Å². The minimum absolute atomic E-state index is 0.218. The van der Waals surface area contributed by atoms with Crippen LogP contribution in [0.15, 0.2) is 41.4 Å². The van der Waals surface area contributed by atoms with E-state index in [1.165, 1.54) is 18.2 Å². The van der Waals surface area contributed by atoms with Gasteiger partial charge in [-0.05, 0) is 68.5 Å². The summed E-state index contributed by atoms with van der Waals surface area (Å²) in [5.41, 5.74) is 0.239. The number of aryl methyl sites for hydroxylation is 1. The number of nitrogens with one attached hydrogen (secondary N) is 1. The van der Waals surface area contributed by atoms with Gasteiger partial charge in [0, 0.05) is 23.1 Å².